The van der Waals surface area contributed by atoms with Crippen LogP contribution in [-0.4, -0.2) is 21.2 Å². The van der Waals surface area contributed by atoms with Gasteiger partial charge in [0.05, 0.1) is 11.9 Å². The molecule has 0 aliphatic rings. The van der Waals surface area contributed by atoms with E-state index in [9.17, 15) is 0 Å². The zero-order chi connectivity index (χ0) is 12.3. The van der Waals surface area contributed by atoms with E-state index in [0.29, 0.717) is 18.3 Å². The summed E-state index contributed by atoms with van der Waals surface area (Å²) in [5.41, 5.74) is 2.60. The van der Waals surface area contributed by atoms with Crippen LogP contribution in [0.2, 0.25) is 0 Å². The number of hydrogen-bond acceptors (Lipinski definition) is 5. The van der Waals surface area contributed by atoms with E-state index in [4.69, 9.17) is 4.52 Å². The van der Waals surface area contributed by atoms with Crippen molar-refractivity contribution in [1.82, 2.24) is 20.4 Å². The predicted octanol–water partition coefficient (Wildman–Crippen LogP) is 1.94. The number of nitrogens with zero attached hydrogens (tertiary/aromatic N) is 3. The molecule has 0 aromatic carbocycles. The van der Waals surface area contributed by atoms with E-state index in [1.807, 2.05) is 6.92 Å². The molecule has 2 heterocycles. The number of nitrogens with one attached hydrogen (secondary N) is 1. The van der Waals surface area contributed by atoms with Gasteiger partial charge in [-0.3, -0.25) is 4.98 Å². The smallest absolute Gasteiger partial charge is 0.191 e. The van der Waals surface area contributed by atoms with Crippen molar-refractivity contribution in [2.75, 3.05) is 0 Å². The maximum atomic E-state index is 5.27. The first-order valence-corrected chi connectivity index (χ1v) is 5.63. The molecule has 2 rings (SSSR count). The van der Waals surface area contributed by atoms with Crippen LogP contribution in [-0.2, 0) is 6.54 Å². The lowest BCUT2D eigenvalue weighted by Gasteiger charge is -2.07. The van der Waals surface area contributed by atoms with Gasteiger partial charge in [0.15, 0.2) is 5.76 Å². The fraction of sp³-hybridized carbons (Fsp3) is 0.417. The summed E-state index contributed by atoms with van der Waals surface area (Å²) in [6, 6.07) is 0.417. The molecule has 0 saturated heterocycles. The van der Waals surface area contributed by atoms with E-state index in [-0.39, 0.29) is 0 Å². The standard InChI is InChI=1S/C12H16N4O/c1-8(2)15-6-10-7-16-17-12(10)11-9(3)13-4-5-14-11/h4-5,7-8,15H,6H2,1-3H3. The minimum atomic E-state index is 0.417. The lowest BCUT2D eigenvalue weighted by molar-refractivity contribution is 0.429. The van der Waals surface area contributed by atoms with Gasteiger partial charge in [0.2, 0.25) is 0 Å². The topological polar surface area (TPSA) is 63.8 Å². The minimum Gasteiger partial charge on any atom is -0.354 e. The van der Waals surface area contributed by atoms with E-state index in [1.165, 1.54) is 0 Å². The molecule has 5 nitrogen and oxygen atoms in total. The van der Waals surface area contributed by atoms with Crippen LogP contribution in [0.25, 0.3) is 11.5 Å². The summed E-state index contributed by atoms with van der Waals surface area (Å²) in [4.78, 5) is 8.49. The van der Waals surface area contributed by atoms with Crippen molar-refractivity contribution in [3.8, 4) is 11.5 Å². The van der Waals surface area contributed by atoms with Gasteiger partial charge in [0, 0.05) is 30.5 Å². The molecule has 0 saturated carbocycles. The Morgan fingerprint density at radius 3 is 2.76 bits per heavy atom. The highest BCUT2D eigenvalue weighted by atomic mass is 16.5. The molecule has 0 atom stereocenters. The number of aryl methyl sites for hydroxylation is 1. The SMILES string of the molecule is Cc1nccnc1-c1oncc1CNC(C)C. The van der Waals surface area contributed by atoms with Gasteiger partial charge in [-0.15, -0.1) is 0 Å². The summed E-state index contributed by atoms with van der Waals surface area (Å²) in [5, 5.41) is 7.16. The Morgan fingerprint density at radius 1 is 1.29 bits per heavy atom. The number of hydrogen-bond donors (Lipinski definition) is 1. The Labute approximate surface area is 100 Å². The Bertz CT molecular complexity index is 493. The Hall–Kier alpha value is -1.75. The van der Waals surface area contributed by atoms with Crippen molar-refractivity contribution in [2.24, 2.45) is 0 Å². The van der Waals surface area contributed by atoms with Crippen LogP contribution in [0, 0.1) is 6.92 Å². The van der Waals surface area contributed by atoms with Crippen molar-refractivity contribution in [2.45, 2.75) is 33.4 Å². The first kappa shape index (κ1) is 11.7. The molecule has 0 radical (unpaired) electrons. The highest BCUT2D eigenvalue weighted by Gasteiger charge is 2.14. The molecule has 90 valence electrons. The molecule has 1 N–H and O–H groups in total. The van der Waals surface area contributed by atoms with E-state index in [2.05, 4.69) is 34.3 Å². The van der Waals surface area contributed by atoms with Gasteiger partial charge in [-0.05, 0) is 6.92 Å². The van der Waals surface area contributed by atoms with Crippen LogP contribution in [0.4, 0.5) is 0 Å². The third kappa shape index (κ3) is 2.68. The van der Waals surface area contributed by atoms with Crippen LogP contribution in [0.3, 0.4) is 0 Å². The molecule has 0 bridgehead atoms. The van der Waals surface area contributed by atoms with Crippen LogP contribution in [0.15, 0.2) is 23.1 Å². The zero-order valence-corrected chi connectivity index (χ0v) is 10.3. The molecule has 0 amide bonds. The van der Waals surface area contributed by atoms with Crippen molar-refractivity contribution in [3.63, 3.8) is 0 Å². The van der Waals surface area contributed by atoms with Crippen molar-refractivity contribution >= 4 is 0 Å². The minimum absolute atomic E-state index is 0.417. The Kier molecular flexibility index (Phi) is 3.49. The number of rotatable bonds is 4. The normalized spacial score (nSPS) is 11.1. The van der Waals surface area contributed by atoms with Crippen molar-refractivity contribution in [1.29, 1.82) is 0 Å². The zero-order valence-electron chi connectivity index (χ0n) is 10.3. The molecular weight excluding hydrogens is 216 g/mol. The summed E-state index contributed by atoms with van der Waals surface area (Å²) < 4.78 is 5.27. The molecule has 2 aromatic heterocycles. The molecule has 0 aliphatic heterocycles. The maximum Gasteiger partial charge on any atom is 0.191 e. The molecular formula is C12H16N4O. The molecule has 0 spiro atoms. The van der Waals surface area contributed by atoms with E-state index < -0.39 is 0 Å². The number of aromatic nitrogens is 3. The third-order valence-corrected chi connectivity index (χ3v) is 2.44. The van der Waals surface area contributed by atoms with Gasteiger partial charge in [0.25, 0.3) is 0 Å². The van der Waals surface area contributed by atoms with E-state index in [0.717, 1.165) is 17.0 Å². The Balaban J connectivity index is 2.28. The highest BCUT2D eigenvalue weighted by Crippen LogP contribution is 2.23. The second kappa shape index (κ2) is 5.05. The van der Waals surface area contributed by atoms with Gasteiger partial charge in [-0.1, -0.05) is 19.0 Å². The summed E-state index contributed by atoms with van der Waals surface area (Å²) in [7, 11) is 0. The fourth-order valence-electron chi connectivity index (χ4n) is 1.53. The second-order valence-electron chi connectivity index (χ2n) is 4.21. The average Bonchev–Trinajstić information content (AvgIpc) is 2.75. The Morgan fingerprint density at radius 2 is 2.06 bits per heavy atom. The van der Waals surface area contributed by atoms with Gasteiger partial charge < -0.3 is 9.84 Å². The lowest BCUT2D eigenvalue weighted by Crippen LogP contribution is -2.21. The highest BCUT2D eigenvalue weighted by molar-refractivity contribution is 5.58. The summed E-state index contributed by atoms with van der Waals surface area (Å²) in [6.07, 6.45) is 5.05. The van der Waals surface area contributed by atoms with Gasteiger partial charge >= 0.3 is 0 Å². The summed E-state index contributed by atoms with van der Waals surface area (Å²) >= 11 is 0. The molecule has 2 aromatic rings. The lowest BCUT2D eigenvalue weighted by atomic mass is 10.1. The van der Waals surface area contributed by atoms with Gasteiger partial charge in [-0.2, -0.15) is 0 Å². The first-order chi connectivity index (χ1) is 8.18. The summed E-state index contributed by atoms with van der Waals surface area (Å²) in [5.74, 6) is 0.698. The molecule has 17 heavy (non-hydrogen) atoms. The maximum absolute atomic E-state index is 5.27. The largest absolute Gasteiger partial charge is 0.354 e. The van der Waals surface area contributed by atoms with Crippen LogP contribution < -0.4 is 5.32 Å². The molecule has 5 heteroatoms. The van der Waals surface area contributed by atoms with E-state index >= 15 is 0 Å². The second-order valence-corrected chi connectivity index (χ2v) is 4.21. The third-order valence-electron chi connectivity index (χ3n) is 2.44. The molecule has 0 aliphatic carbocycles. The predicted molar refractivity (Wildman–Crippen MR) is 64.2 cm³/mol. The van der Waals surface area contributed by atoms with Gasteiger partial charge in [-0.25, -0.2) is 4.98 Å². The van der Waals surface area contributed by atoms with Crippen molar-refractivity contribution in [3.05, 3.63) is 29.8 Å². The average molecular weight is 232 g/mol. The van der Waals surface area contributed by atoms with Crippen molar-refractivity contribution < 1.29 is 4.52 Å². The van der Waals surface area contributed by atoms with Crippen LogP contribution >= 0.6 is 0 Å². The van der Waals surface area contributed by atoms with Crippen LogP contribution in [0.5, 0.6) is 0 Å². The quantitative estimate of drug-likeness (QED) is 0.872. The monoisotopic (exact) mass is 232 g/mol. The summed E-state index contributed by atoms with van der Waals surface area (Å²) in [6.45, 7) is 6.82. The van der Waals surface area contributed by atoms with E-state index in [1.54, 1.807) is 18.6 Å². The first-order valence-electron chi connectivity index (χ1n) is 5.63. The van der Waals surface area contributed by atoms with Gasteiger partial charge in [0.1, 0.15) is 5.69 Å². The molecule has 0 fully saturated rings. The fourth-order valence-corrected chi connectivity index (χ4v) is 1.53. The van der Waals surface area contributed by atoms with Crippen LogP contribution in [0.1, 0.15) is 25.1 Å². The molecule has 0 unspecified atom stereocenters.